The van der Waals surface area contributed by atoms with Gasteiger partial charge in [-0.1, -0.05) is 53.5 Å². The fourth-order valence-corrected chi connectivity index (χ4v) is 3.93. The van der Waals surface area contributed by atoms with Gasteiger partial charge in [-0.2, -0.15) is 4.31 Å². The second-order valence-electron chi connectivity index (χ2n) is 4.69. The number of benzene rings is 2. The second-order valence-corrected chi connectivity index (χ2v) is 7.86. The summed E-state index contributed by atoms with van der Waals surface area (Å²) in [6.45, 7) is -0.430. The third-order valence-electron chi connectivity index (χ3n) is 3.03. The van der Waals surface area contributed by atoms with Crippen molar-refractivity contribution in [3.05, 3.63) is 64.1 Å². The van der Waals surface area contributed by atoms with Gasteiger partial charge in [0.1, 0.15) is 0 Å². The Kier molecular flexibility index (Phi) is 6.06. The highest BCUT2D eigenvalue weighted by Crippen LogP contribution is 2.27. The molecule has 0 spiro atoms. The molecule has 0 aliphatic heterocycles. The van der Waals surface area contributed by atoms with Gasteiger partial charge in [0.2, 0.25) is 15.3 Å². The second kappa shape index (κ2) is 7.64. The number of carbonyl (C=O) groups excluding carboxylic acids is 1. The molecule has 4 nitrogen and oxygen atoms in total. The molecule has 0 heterocycles. The van der Waals surface area contributed by atoms with Crippen molar-refractivity contribution in [1.29, 1.82) is 0 Å². The Labute approximate surface area is 149 Å². The minimum atomic E-state index is -3.95. The Hall–Kier alpha value is -1.11. The van der Waals surface area contributed by atoms with Crippen LogP contribution in [0.3, 0.4) is 0 Å². The Balaban J connectivity index is 2.40. The van der Waals surface area contributed by atoms with Gasteiger partial charge in [0.05, 0.1) is 21.5 Å². The van der Waals surface area contributed by atoms with Crippen molar-refractivity contribution in [3.63, 3.8) is 0 Å². The summed E-state index contributed by atoms with van der Waals surface area (Å²) in [6.07, 6.45) is 0. The maximum atomic E-state index is 12.7. The van der Waals surface area contributed by atoms with Crippen LogP contribution in [-0.4, -0.2) is 24.5 Å². The lowest BCUT2D eigenvalue weighted by Gasteiger charge is -2.21. The molecule has 0 fully saturated rings. The predicted molar refractivity (Wildman–Crippen MR) is 91.4 cm³/mol. The number of nitrogens with zero attached hydrogens (tertiary/aromatic N) is 1. The minimum absolute atomic E-state index is 0.0158. The highest BCUT2D eigenvalue weighted by Gasteiger charge is 2.27. The van der Waals surface area contributed by atoms with Crippen LogP contribution in [0.5, 0.6) is 0 Å². The molecule has 2 rings (SSSR count). The van der Waals surface area contributed by atoms with Gasteiger partial charge in [0, 0.05) is 6.54 Å². The fraction of sp³-hybridized carbons (Fsp3) is 0.133. The maximum absolute atomic E-state index is 12.7. The third kappa shape index (κ3) is 4.68. The minimum Gasteiger partial charge on any atom is -0.280 e. The average Bonchev–Trinajstić information content (AvgIpc) is 2.50. The first kappa shape index (κ1) is 18.2. The number of halogens is 3. The SMILES string of the molecule is O=C(Cl)CN(Cc1ccccc1)S(=O)(=O)c1ccc(Cl)c(Cl)c1. The van der Waals surface area contributed by atoms with Gasteiger partial charge >= 0.3 is 0 Å². The van der Waals surface area contributed by atoms with Crippen molar-refractivity contribution in [2.24, 2.45) is 0 Å². The van der Waals surface area contributed by atoms with Gasteiger partial charge < -0.3 is 0 Å². The van der Waals surface area contributed by atoms with Gasteiger partial charge in [0.25, 0.3) is 0 Å². The molecule has 0 aliphatic carbocycles. The quantitative estimate of drug-likeness (QED) is 0.699. The molecule has 0 amide bonds. The number of sulfonamides is 1. The molecule has 0 N–H and O–H groups in total. The first-order chi connectivity index (χ1) is 10.8. The topological polar surface area (TPSA) is 54.5 Å². The van der Waals surface area contributed by atoms with E-state index in [0.717, 1.165) is 9.87 Å². The summed E-state index contributed by atoms with van der Waals surface area (Å²) in [7, 11) is -3.95. The van der Waals surface area contributed by atoms with Crippen LogP contribution in [0.2, 0.25) is 10.0 Å². The summed E-state index contributed by atoms with van der Waals surface area (Å²) in [5.74, 6) is 0. The van der Waals surface area contributed by atoms with Crippen LogP contribution in [0.4, 0.5) is 0 Å². The molecule has 0 radical (unpaired) electrons. The van der Waals surface area contributed by atoms with E-state index in [-0.39, 0.29) is 21.5 Å². The number of hydrogen-bond acceptors (Lipinski definition) is 3. The molecule has 8 heteroatoms. The monoisotopic (exact) mass is 391 g/mol. The van der Waals surface area contributed by atoms with Crippen LogP contribution in [0.25, 0.3) is 0 Å². The van der Waals surface area contributed by atoms with Gasteiger partial charge in [-0.3, -0.25) is 4.79 Å². The Morgan fingerprint density at radius 1 is 1.00 bits per heavy atom. The van der Waals surface area contributed by atoms with E-state index in [0.29, 0.717) is 0 Å². The predicted octanol–water partition coefficient (Wildman–Crippen LogP) is 3.95. The van der Waals surface area contributed by atoms with Crippen LogP contribution in [0.1, 0.15) is 5.56 Å². The van der Waals surface area contributed by atoms with Gasteiger partial charge in [-0.25, -0.2) is 8.42 Å². The first-order valence-corrected chi connectivity index (χ1v) is 9.05. The molecule has 23 heavy (non-hydrogen) atoms. The van der Waals surface area contributed by atoms with Gasteiger partial charge in [-0.05, 0) is 35.4 Å². The first-order valence-electron chi connectivity index (χ1n) is 6.48. The Bertz CT molecular complexity index is 810. The summed E-state index contributed by atoms with van der Waals surface area (Å²) in [4.78, 5) is 11.2. The van der Waals surface area contributed by atoms with E-state index in [1.54, 1.807) is 24.3 Å². The third-order valence-corrected chi connectivity index (χ3v) is 5.68. The molecular weight excluding hydrogens is 381 g/mol. The smallest absolute Gasteiger partial charge is 0.243 e. The van der Waals surface area contributed by atoms with Crippen LogP contribution in [0, 0.1) is 0 Å². The largest absolute Gasteiger partial charge is 0.280 e. The summed E-state index contributed by atoms with van der Waals surface area (Å²) in [5, 5.41) is -0.414. The van der Waals surface area contributed by atoms with E-state index in [1.807, 2.05) is 6.07 Å². The van der Waals surface area contributed by atoms with Crippen LogP contribution >= 0.6 is 34.8 Å². The molecule has 0 saturated carbocycles. The van der Waals surface area contributed by atoms with Crippen LogP contribution in [0.15, 0.2) is 53.4 Å². The molecule has 0 aliphatic rings. The van der Waals surface area contributed by atoms with Crippen molar-refractivity contribution < 1.29 is 13.2 Å². The van der Waals surface area contributed by atoms with E-state index in [9.17, 15) is 13.2 Å². The van der Waals surface area contributed by atoms with Crippen molar-refractivity contribution in [1.82, 2.24) is 4.31 Å². The van der Waals surface area contributed by atoms with E-state index in [4.69, 9.17) is 34.8 Å². The molecule has 0 atom stereocenters. The lowest BCUT2D eigenvalue weighted by molar-refractivity contribution is -0.111. The summed E-state index contributed by atoms with van der Waals surface area (Å²) in [5.41, 5.74) is 0.731. The van der Waals surface area contributed by atoms with Gasteiger partial charge in [0.15, 0.2) is 0 Å². The number of hydrogen-bond donors (Lipinski definition) is 0. The fourth-order valence-electron chi connectivity index (χ4n) is 1.94. The molecule has 0 unspecified atom stereocenters. The zero-order chi connectivity index (χ0) is 17.0. The summed E-state index contributed by atoms with van der Waals surface area (Å²) < 4.78 is 26.5. The molecular formula is C15H12Cl3NO3S. The standard InChI is InChI=1S/C15H12Cl3NO3S/c16-13-7-6-12(8-14(13)17)23(21,22)19(10-15(18)20)9-11-4-2-1-3-5-11/h1-8H,9-10H2. The summed E-state index contributed by atoms with van der Waals surface area (Å²) >= 11 is 17.1. The highest BCUT2D eigenvalue weighted by atomic mass is 35.5. The average molecular weight is 393 g/mol. The van der Waals surface area contributed by atoms with Crippen molar-refractivity contribution in [3.8, 4) is 0 Å². The number of carbonyl (C=O) groups is 1. The van der Waals surface area contributed by atoms with Crippen LogP contribution < -0.4 is 0 Å². The normalized spacial score (nSPS) is 11.7. The van der Waals surface area contributed by atoms with E-state index in [1.165, 1.54) is 18.2 Å². The zero-order valence-electron chi connectivity index (χ0n) is 11.7. The lowest BCUT2D eigenvalue weighted by Crippen LogP contribution is -2.34. The van der Waals surface area contributed by atoms with E-state index >= 15 is 0 Å². The van der Waals surface area contributed by atoms with Crippen molar-refractivity contribution in [2.75, 3.05) is 6.54 Å². The zero-order valence-corrected chi connectivity index (χ0v) is 14.8. The summed E-state index contributed by atoms with van der Waals surface area (Å²) in [6, 6.07) is 12.9. The molecule has 2 aromatic rings. The molecule has 0 saturated heterocycles. The van der Waals surface area contributed by atoms with E-state index in [2.05, 4.69) is 0 Å². The van der Waals surface area contributed by atoms with Gasteiger partial charge in [-0.15, -0.1) is 0 Å². The maximum Gasteiger partial charge on any atom is 0.243 e. The van der Waals surface area contributed by atoms with Crippen molar-refractivity contribution >= 4 is 50.1 Å². The lowest BCUT2D eigenvalue weighted by atomic mass is 10.2. The molecule has 0 aromatic heterocycles. The highest BCUT2D eigenvalue weighted by molar-refractivity contribution is 7.89. The molecule has 122 valence electrons. The van der Waals surface area contributed by atoms with Crippen LogP contribution in [-0.2, 0) is 21.4 Å². The Morgan fingerprint density at radius 3 is 2.22 bits per heavy atom. The Morgan fingerprint density at radius 2 is 1.65 bits per heavy atom. The molecule has 2 aromatic carbocycles. The van der Waals surface area contributed by atoms with E-state index < -0.39 is 21.8 Å². The number of rotatable bonds is 6. The molecule has 0 bridgehead atoms. The van der Waals surface area contributed by atoms with Crippen molar-refractivity contribution in [2.45, 2.75) is 11.4 Å².